The zero-order chi connectivity index (χ0) is 16.4. The molecule has 0 saturated carbocycles. The summed E-state index contributed by atoms with van der Waals surface area (Å²) in [5.41, 5.74) is 2.56. The molecule has 0 aliphatic carbocycles. The fraction of sp³-hybridized carbons (Fsp3) is 0.556. The molecule has 1 aromatic rings. The number of anilines is 1. The Kier molecular flexibility index (Phi) is 4.55. The van der Waals surface area contributed by atoms with Gasteiger partial charge in [0.15, 0.2) is 0 Å². The van der Waals surface area contributed by atoms with Gasteiger partial charge in [0.2, 0.25) is 5.91 Å². The number of hydrogen-bond acceptors (Lipinski definition) is 4. The molecule has 2 atom stereocenters. The van der Waals surface area contributed by atoms with Gasteiger partial charge < -0.3 is 14.5 Å². The molecule has 0 radical (unpaired) electrons. The highest BCUT2D eigenvalue weighted by molar-refractivity contribution is 5.78. The molecule has 3 rings (SSSR count). The lowest BCUT2D eigenvalue weighted by Gasteiger charge is -2.42. The monoisotopic (exact) mass is 316 g/mol. The van der Waals surface area contributed by atoms with Crippen LogP contribution in [0.15, 0.2) is 24.3 Å². The second-order valence-corrected chi connectivity index (χ2v) is 6.25. The first-order valence-corrected chi connectivity index (χ1v) is 8.38. The van der Waals surface area contributed by atoms with E-state index in [1.807, 2.05) is 13.0 Å². The molecule has 1 fully saturated rings. The van der Waals surface area contributed by atoms with E-state index < -0.39 is 0 Å². The number of carbonyl (C=O) groups excluding carboxylic acids is 2. The van der Waals surface area contributed by atoms with Gasteiger partial charge in [-0.1, -0.05) is 18.2 Å². The van der Waals surface area contributed by atoms with Gasteiger partial charge in [0, 0.05) is 38.3 Å². The van der Waals surface area contributed by atoms with E-state index in [4.69, 9.17) is 4.74 Å². The van der Waals surface area contributed by atoms with Crippen LogP contribution in [-0.2, 0) is 20.7 Å². The van der Waals surface area contributed by atoms with Crippen LogP contribution in [0.1, 0.15) is 25.8 Å². The number of carbonyl (C=O) groups is 2. The predicted molar refractivity (Wildman–Crippen MR) is 88.3 cm³/mol. The fourth-order valence-corrected chi connectivity index (χ4v) is 3.79. The van der Waals surface area contributed by atoms with Crippen LogP contribution >= 0.6 is 0 Å². The number of fused-ring (bicyclic) bond motifs is 1. The van der Waals surface area contributed by atoms with Crippen LogP contribution < -0.4 is 4.90 Å². The molecule has 23 heavy (non-hydrogen) atoms. The van der Waals surface area contributed by atoms with Crippen molar-refractivity contribution in [3.8, 4) is 0 Å². The van der Waals surface area contributed by atoms with Crippen LogP contribution in [0.3, 0.4) is 0 Å². The van der Waals surface area contributed by atoms with Crippen molar-refractivity contribution in [1.82, 2.24) is 4.90 Å². The van der Waals surface area contributed by atoms with Crippen molar-refractivity contribution < 1.29 is 14.3 Å². The van der Waals surface area contributed by atoms with Crippen molar-refractivity contribution in [2.45, 2.75) is 32.7 Å². The minimum Gasteiger partial charge on any atom is -0.466 e. The van der Waals surface area contributed by atoms with E-state index in [0.29, 0.717) is 19.7 Å². The van der Waals surface area contributed by atoms with Gasteiger partial charge in [-0.15, -0.1) is 0 Å². The smallest absolute Gasteiger partial charge is 0.312 e. The average molecular weight is 316 g/mol. The largest absolute Gasteiger partial charge is 0.466 e. The summed E-state index contributed by atoms with van der Waals surface area (Å²) < 4.78 is 5.28. The molecule has 2 unspecified atom stereocenters. The number of ether oxygens (including phenoxy) is 1. The first-order chi connectivity index (χ1) is 11.1. The maximum Gasteiger partial charge on any atom is 0.312 e. The average Bonchev–Trinajstić information content (AvgIpc) is 2.98. The Bertz CT molecular complexity index is 602. The summed E-state index contributed by atoms with van der Waals surface area (Å²) in [4.78, 5) is 28.3. The molecule has 2 aliphatic heterocycles. The van der Waals surface area contributed by atoms with Gasteiger partial charge in [-0.25, -0.2) is 0 Å². The summed E-state index contributed by atoms with van der Waals surface area (Å²) in [7, 11) is 0. The highest BCUT2D eigenvalue weighted by Crippen LogP contribution is 2.34. The normalized spacial score (nSPS) is 23.6. The molecular weight excluding hydrogens is 292 g/mol. The minimum absolute atomic E-state index is 0.0274. The van der Waals surface area contributed by atoms with Crippen LogP contribution in [0.5, 0.6) is 0 Å². The first-order valence-electron chi connectivity index (χ1n) is 8.38. The van der Waals surface area contributed by atoms with Gasteiger partial charge in [0.1, 0.15) is 0 Å². The van der Waals surface area contributed by atoms with Crippen molar-refractivity contribution in [3.63, 3.8) is 0 Å². The predicted octanol–water partition coefficient (Wildman–Crippen LogP) is 1.85. The Hall–Kier alpha value is -2.04. The molecule has 1 aromatic carbocycles. The van der Waals surface area contributed by atoms with Crippen molar-refractivity contribution in [2.75, 3.05) is 31.1 Å². The molecular formula is C18H24N2O3. The summed E-state index contributed by atoms with van der Waals surface area (Å²) in [5.74, 6) is -0.439. The third kappa shape index (κ3) is 3.05. The molecule has 0 N–H and O–H groups in total. The molecule has 124 valence electrons. The number of hydrogen-bond donors (Lipinski definition) is 0. The number of esters is 1. The Morgan fingerprint density at radius 2 is 2.04 bits per heavy atom. The second kappa shape index (κ2) is 6.60. The SMILES string of the molecule is CCOC(=O)C1CN(C(C)=O)CCC1N1CCc2ccccc21. The Morgan fingerprint density at radius 1 is 1.26 bits per heavy atom. The summed E-state index contributed by atoms with van der Waals surface area (Å²) in [6.07, 6.45) is 1.82. The van der Waals surface area contributed by atoms with E-state index in [9.17, 15) is 9.59 Å². The highest BCUT2D eigenvalue weighted by atomic mass is 16.5. The van der Waals surface area contributed by atoms with Crippen molar-refractivity contribution in [2.24, 2.45) is 5.92 Å². The maximum atomic E-state index is 12.5. The third-order valence-corrected chi connectivity index (χ3v) is 4.93. The number of amides is 1. The van der Waals surface area contributed by atoms with Crippen molar-refractivity contribution in [3.05, 3.63) is 29.8 Å². The molecule has 0 bridgehead atoms. The van der Waals surface area contributed by atoms with Crippen molar-refractivity contribution >= 4 is 17.6 Å². The summed E-state index contributed by atoms with van der Waals surface area (Å²) in [6.45, 7) is 5.85. The van der Waals surface area contributed by atoms with Gasteiger partial charge in [-0.3, -0.25) is 9.59 Å². The number of nitrogens with zero attached hydrogens (tertiary/aromatic N) is 2. The standard InChI is InChI=1S/C18H24N2O3/c1-3-23-18(22)15-12-19(13(2)21)10-9-17(15)20-11-8-14-6-4-5-7-16(14)20/h4-7,15,17H,3,8-12H2,1-2H3. The first kappa shape index (κ1) is 15.8. The van der Waals surface area contributed by atoms with E-state index >= 15 is 0 Å². The van der Waals surface area contributed by atoms with Gasteiger partial charge in [-0.05, 0) is 31.4 Å². The molecule has 0 aromatic heterocycles. The van der Waals surface area contributed by atoms with Crippen LogP contribution in [0.2, 0.25) is 0 Å². The third-order valence-electron chi connectivity index (χ3n) is 4.93. The topological polar surface area (TPSA) is 49.9 Å². The molecule has 2 aliphatic rings. The molecule has 1 saturated heterocycles. The molecule has 0 spiro atoms. The van der Waals surface area contributed by atoms with Gasteiger partial charge in [0.05, 0.1) is 12.5 Å². The van der Waals surface area contributed by atoms with E-state index in [1.54, 1.807) is 11.8 Å². The number of piperidine rings is 1. The number of para-hydroxylation sites is 1. The maximum absolute atomic E-state index is 12.5. The lowest BCUT2D eigenvalue weighted by atomic mass is 9.90. The summed E-state index contributed by atoms with van der Waals surface area (Å²) >= 11 is 0. The zero-order valence-electron chi connectivity index (χ0n) is 13.8. The van der Waals surface area contributed by atoms with E-state index in [1.165, 1.54) is 11.3 Å². The molecule has 5 heteroatoms. The van der Waals surface area contributed by atoms with Crippen LogP contribution in [0, 0.1) is 5.92 Å². The van der Waals surface area contributed by atoms with E-state index in [2.05, 4.69) is 23.1 Å². The quantitative estimate of drug-likeness (QED) is 0.799. The van der Waals surface area contributed by atoms with Crippen LogP contribution in [0.25, 0.3) is 0 Å². The summed E-state index contributed by atoms with van der Waals surface area (Å²) in [6, 6.07) is 8.49. The highest BCUT2D eigenvalue weighted by Gasteiger charge is 2.41. The molecule has 5 nitrogen and oxygen atoms in total. The van der Waals surface area contributed by atoms with Crippen LogP contribution in [0.4, 0.5) is 5.69 Å². The lowest BCUT2D eigenvalue weighted by molar-refractivity contribution is -0.151. The van der Waals surface area contributed by atoms with Gasteiger partial charge >= 0.3 is 5.97 Å². The minimum atomic E-state index is -0.279. The lowest BCUT2D eigenvalue weighted by Crippen LogP contribution is -2.54. The second-order valence-electron chi connectivity index (χ2n) is 6.25. The van der Waals surface area contributed by atoms with Crippen LogP contribution in [-0.4, -0.2) is 49.1 Å². The van der Waals surface area contributed by atoms with E-state index in [-0.39, 0.29) is 23.8 Å². The molecule has 2 heterocycles. The number of likely N-dealkylation sites (tertiary alicyclic amines) is 1. The fourth-order valence-electron chi connectivity index (χ4n) is 3.79. The van der Waals surface area contributed by atoms with E-state index in [0.717, 1.165) is 19.4 Å². The zero-order valence-corrected chi connectivity index (χ0v) is 13.8. The Labute approximate surface area is 137 Å². The Morgan fingerprint density at radius 3 is 2.78 bits per heavy atom. The van der Waals surface area contributed by atoms with Crippen molar-refractivity contribution in [1.29, 1.82) is 0 Å². The summed E-state index contributed by atoms with van der Waals surface area (Å²) in [5, 5.41) is 0. The van der Waals surface area contributed by atoms with Gasteiger partial charge in [-0.2, -0.15) is 0 Å². The number of rotatable bonds is 3. The Balaban J connectivity index is 1.85. The number of benzene rings is 1. The molecule has 1 amide bonds. The van der Waals surface area contributed by atoms with Gasteiger partial charge in [0.25, 0.3) is 0 Å².